The van der Waals surface area contributed by atoms with Crippen LogP contribution in [0.3, 0.4) is 0 Å². The molecule has 0 aliphatic rings. The lowest BCUT2D eigenvalue weighted by molar-refractivity contribution is 0.0695. The van der Waals surface area contributed by atoms with Crippen LogP contribution in [-0.4, -0.2) is 20.6 Å². The standard InChI is InChI=1S/C15H7Cl2FN2O3/c16-11-12-9(5-19-14(11)17)13(21)10(15(22)23)6-20(12)8-3-1-7(18)2-4-8/h1-6H,(H,22,23). The zero-order chi connectivity index (χ0) is 16.7. The minimum absolute atomic E-state index is 0.00234. The number of halogens is 3. The Labute approximate surface area is 138 Å². The number of rotatable bonds is 2. The van der Waals surface area contributed by atoms with Crippen molar-refractivity contribution >= 4 is 40.1 Å². The number of carboxylic acids is 1. The number of benzene rings is 1. The summed E-state index contributed by atoms with van der Waals surface area (Å²) in [6, 6.07) is 5.26. The Morgan fingerprint density at radius 1 is 1.22 bits per heavy atom. The molecule has 0 aliphatic carbocycles. The molecule has 5 nitrogen and oxygen atoms in total. The molecule has 3 rings (SSSR count). The molecule has 0 unspecified atom stereocenters. The first-order valence-electron chi connectivity index (χ1n) is 6.28. The van der Waals surface area contributed by atoms with E-state index in [-0.39, 0.29) is 21.1 Å². The summed E-state index contributed by atoms with van der Waals surface area (Å²) in [5.41, 5.74) is -0.560. The van der Waals surface area contributed by atoms with Crippen LogP contribution >= 0.6 is 23.2 Å². The van der Waals surface area contributed by atoms with Crippen molar-refractivity contribution in [3.8, 4) is 5.69 Å². The van der Waals surface area contributed by atoms with Crippen LogP contribution in [0.5, 0.6) is 0 Å². The van der Waals surface area contributed by atoms with Gasteiger partial charge in [0, 0.05) is 18.1 Å². The second kappa shape index (κ2) is 5.64. The van der Waals surface area contributed by atoms with Gasteiger partial charge in [0.1, 0.15) is 21.6 Å². The highest BCUT2D eigenvalue weighted by Crippen LogP contribution is 2.29. The first kappa shape index (κ1) is 15.5. The van der Waals surface area contributed by atoms with Crippen molar-refractivity contribution in [3.05, 3.63) is 68.4 Å². The third kappa shape index (κ3) is 2.56. The van der Waals surface area contributed by atoms with Crippen LogP contribution in [0.2, 0.25) is 10.2 Å². The number of aromatic carboxylic acids is 1. The van der Waals surface area contributed by atoms with Crippen molar-refractivity contribution in [2.75, 3.05) is 0 Å². The lowest BCUT2D eigenvalue weighted by Crippen LogP contribution is -2.19. The zero-order valence-electron chi connectivity index (χ0n) is 11.3. The predicted octanol–water partition coefficient (Wildman–Crippen LogP) is 3.53. The Hall–Kier alpha value is -2.44. The molecule has 3 aromatic rings. The van der Waals surface area contributed by atoms with E-state index in [1.165, 1.54) is 35.0 Å². The highest BCUT2D eigenvalue weighted by molar-refractivity contribution is 6.44. The van der Waals surface area contributed by atoms with E-state index in [1.54, 1.807) is 0 Å². The number of fused-ring (bicyclic) bond motifs is 1. The summed E-state index contributed by atoms with van der Waals surface area (Å²) in [7, 11) is 0. The van der Waals surface area contributed by atoms with Gasteiger partial charge in [-0.2, -0.15) is 0 Å². The number of carboxylic acid groups (broad SMARTS) is 1. The van der Waals surface area contributed by atoms with Crippen molar-refractivity contribution in [2.45, 2.75) is 0 Å². The molecule has 1 N–H and O–H groups in total. The Kier molecular flexibility index (Phi) is 3.79. The second-order valence-corrected chi connectivity index (χ2v) is 5.38. The van der Waals surface area contributed by atoms with Crippen LogP contribution in [0, 0.1) is 5.82 Å². The summed E-state index contributed by atoms with van der Waals surface area (Å²) in [6.07, 6.45) is 2.29. The van der Waals surface area contributed by atoms with Gasteiger partial charge in [0.05, 0.1) is 10.9 Å². The molecule has 0 fully saturated rings. The van der Waals surface area contributed by atoms with Gasteiger partial charge in [0.25, 0.3) is 0 Å². The molecule has 0 saturated heterocycles. The molecule has 0 spiro atoms. The topological polar surface area (TPSA) is 72.2 Å². The van der Waals surface area contributed by atoms with E-state index in [2.05, 4.69) is 4.98 Å². The lowest BCUT2D eigenvalue weighted by atomic mass is 10.1. The maximum atomic E-state index is 13.1. The van der Waals surface area contributed by atoms with Crippen LogP contribution in [0.1, 0.15) is 10.4 Å². The molecule has 116 valence electrons. The van der Waals surface area contributed by atoms with Crippen LogP contribution in [0.25, 0.3) is 16.6 Å². The fourth-order valence-corrected chi connectivity index (χ4v) is 2.59. The van der Waals surface area contributed by atoms with E-state index in [9.17, 15) is 19.1 Å². The summed E-state index contributed by atoms with van der Waals surface area (Å²) in [5.74, 6) is -1.85. The molecule has 1 aromatic carbocycles. The molecule has 2 aromatic heterocycles. The van der Waals surface area contributed by atoms with E-state index in [1.807, 2.05) is 0 Å². The smallest absolute Gasteiger partial charge is 0.341 e. The van der Waals surface area contributed by atoms with Crippen LogP contribution in [-0.2, 0) is 0 Å². The fraction of sp³-hybridized carbons (Fsp3) is 0. The molecule has 23 heavy (non-hydrogen) atoms. The lowest BCUT2D eigenvalue weighted by Gasteiger charge is -2.14. The molecular weight excluding hydrogens is 346 g/mol. The van der Waals surface area contributed by atoms with E-state index < -0.39 is 22.8 Å². The summed E-state index contributed by atoms with van der Waals surface area (Å²) in [4.78, 5) is 27.4. The number of pyridine rings is 2. The van der Waals surface area contributed by atoms with Crippen LogP contribution < -0.4 is 5.43 Å². The van der Waals surface area contributed by atoms with E-state index in [0.717, 1.165) is 6.20 Å². The summed E-state index contributed by atoms with van der Waals surface area (Å²) in [5, 5.41) is 9.19. The van der Waals surface area contributed by atoms with Gasteiger partial charge in [-0.3, -0.25) is 4.79 Å². The van der Waals surface area contributed by atoms with Crippen LogP contribution in [0.4, 0.5) is 4.39 Å². The molecule has 2 heterocycles. The average Bonchev–Trinajstić information content (AvgIpc) is 2.52. The molecule has 0 bridgehead atoms. The Morgan fingerprint density at radius 2 is 1.87 bits per heavy atom. The number of hydrogen-bond acceptors (Lipinski definition) is 3. The van der Waals surface area contributed by atoms with Gasteiger partial charge in [0.15, 0.2) is 0 Å². The van der Waals surface area contributed by atoms with E-state index in [4.69, 9.17) is 23.2 Å². The molecule has 0 saturated carbocycles. The average molecular weight is 353 g/mol. The van der Waals surface area contributed by atoms with Gasteiger partial charge in [-0.25, -0.2) is 14.2 Å². The van der Waals surface area contributed by atoms with Gasteiger partial charge >= 0.3 is 5.97 Å². The maximum Gasteiger partial charge on any atom is 0.341 e. The molecule has 0 radical (unpaired) electrons. The maximum absolute atomic E-state index is 13.1. The van der Waals surface area contributed by atoms with Crippen molar-refractivity contribution in [2.24, 2.45) is 0 Å². The minimum Gasteiger partial charge on any atom is -0.477 e. The molecule has 0 amide bonds. The Bertz CT molecular complexity index is 1000. The van der Waals surface area contributed by atoms with Gasteiger partial charge in [0.2, 0.25) is 5.43 Å². The Balaban J connectivity index is 2.50. The quantitative estimate of drug-likeness (QED) is 0.716. The third-order valence-corrected chi connectivity index (χ3v) is 4.02. The highest BCUT2D eigenvalue weighted by Gasteiger charge is 2.19. The highest BCUT2D eigenvalue weighted by atomic mass is 35.5. The largest absolute Gasteiger partial charge is 0.477 e. The first-order chi connectivity index (χ1) is 10.9. The number of aromatic nitrogens is 2. The normalized spacial score (nSPS) is 10.9. The Morgan fingerprint density at radius 3 is 2.48 bits per heavy atom. The predicted molar refractivity (Wildman–Crippen MR) is 84.3 cm³/mol. The number of hydrogen-bond donors (Lipinski definition) is 1. The van der Waals surface area contributed by atoms with Crippen molar-refractivity contribution in [3.63, 3.8) is 0 Å². The zero-order valence-corrected chi connectivity index (χ0v) is 12.8. The van der Waals surface area contributed by atoms with E-state index in [0.29, 0.717) is 5.69 Å². The number of carbonyl (C=O) groups is 1. The molecule has 8 heteroatoms. The second-order valence-electron chi connectivity index (χ2n) is 4.65. The van der Waals surface area contributed by atoms with Gasteiger partial charge < -0.3 is 9.67 Å². The summed E-state index contributed by atoms with van der Waals surface area (Å²) < 4.78 is 14.5. The first-order valence-corrected chi connectivity index (χ1v) is 7.04. The van der Waals surface area contributed by atoms with Crippen molar-refractivity contribution < 1.29 is 14.3 Å². The SMILES string of the molecule is O=C(O)c1cn(-c2ccc(F)cc2)c2c(Cl)c(Cl)ncc2c1=O. The van der Waals surface area contributed by atoms with Gasteiger partial charge in [-0.15, -0.1) is 0 Å². The molecule has 0 atom stereocenters. The van der Waals surface area contributed by atoms with Crippen LogP contribution in [0.15, 0.2) is 41.5 Å². The van der Waals surface area contributed by atoms with E-state index >= 15 is 0 Å². The third-order valence-electron chi connectivity index (χ3n) is 3.27. The minimum atomic E-state index is -1.39. The summed E-state index contributed by atoms with van der Waals surface area (Å²) >= 11 is 12.0. The molecule has 0 aliphatic heterocycles. The fourth-order valence-electron chi connectivity index (χ4n) is 2.21. The summed E-state index contributed by atoms with van der Waals surface area (Å²) in [6.45, 7) is 0. The van der Waals surface area contributed by atoms with Gasteiger partial charge in [-0.05, 0) is 24.3 Å². The molecular formula is C15H7Cl2FN2O3. The number of nitrogens with zero attached hydrogens (tertiary/aromatic N) is 2. The van der Waals surface area contributed by atoms with Crippen molar-refractivity contribution in [1.29, 1.82) is 0 Å². The van der Waals surface area contributed by atoms with Crippen molar-refractivity contribution in [1.82, 2.24) is 9.55 Å². The monoisotopic (exact) mass is 352 g/mol. The van der Waals surface area contributed by atoms with Gasteiger partial charge in [-0.1, -0.05) is 23.2 Å².